The Morgan fingerprint density at radius 3 is 2.92 bits per heavy atom. The topological polar surface area (TPSA) is 96.4 Å². The van der Waals surface area contributed by atoms with Gasteiger partial charge in [-0.15, -0.1) is 0 Å². The summed E-state index contributed by atoms with van der Waals surface area (Å²) in [6.45, 7) is 0.448. The molecule has 8 heteroatoms. The van der Waals surface area contributed by atoms with Crippen LogP contribution in [0.3, 0.4) is 0 Å². The number of hydrogen-bond acceptors (Lipinski definition) is 6. The van der Waals surface area contributed by atoms with Crippen molar-refractivity contribution < 1.29 is 19.0 Å². The molecule has 0 unspecified atom stereocenters. The van der Waals surface area contributed by atoms with Crippen molar-refractivity contribution in [2.75, 3.05) is 25.6 Å². The molecule has 3 N–H and O–H groups in total. The summed E-state index contributed by atoms with van der Waals surface area (Å²) in [6.07, 6.45) is 2.94. The van der Waals surface area contributed by atoms with Crippen molar-refractivity contribution >= 4 is 11.7 Å². The summed E-state index contributed by atoms with van der Waals surface area (Å²) in [5.41, 5.74) is 0.865. The van der Waals surface area contributed by atoms with Crippen LogP contribution in [0.15, 0.2) is 30.6 Å². The van der Waals surface area contributed by atoms with Crippen LogP contribution < -0.4 is 15.4 Å². The van der Waals surface area contributed by atoms with E-state index in [1.54, 1.807) is 6.07 Å². The molecule has 0 radical (unpaired) electrons. The zero-order chi connectivity index (χ0) is 18.5. The van der Waals surface area contributed by atoms with Gasteiger partial charge in [-0.3, -0.25) is 4.79 Å². The number of nitrogens with zero attached hydrogens (tertiary/aromatic N) is 2. The van der Waals surface area contributed by atoms with Gasteiger partial charge in [-0.05, 0) is 25.0 Å². The molecular weight excluding hydrogens is 339 g/mol. The van der Waals surface area contributed by atoms with E-state index in [2.05, 4.69) is 20.6 Å². The Morgan fingerprint density at radius 2 is 2.19 bits per heavy atom. The van der Waals surface area contributed by atoms with Crippen LogP contribution in [-0.2, 0) is 0 Å². The molecule has 1 aromatic heterocycles. The van der Waals surface area contributed by atoms with Gasteiger partial charge in [0.05, 0.1) is 19.3 Å². The molecule has 1 amide bonds. The van der Waals surface area contributed by atoms with E-state index in [0.29, 0.717) is 12.4 Å². The molecule has 1 aliphatic carbocycles. The standard InChI is InChI=1S/C18H21FN4O3/c1-26-15-4-2-3-13(17(15)19)18(25)23-12-7-11(8-12)14-9-16(20-5-6-24)22-10-21-14/h2-4,9-12,24H,5-8H2,1H3,(H,23,25)(H,20,21,22). The van der Waals surface area contributed by atoms with Gasteiger partial charge >= 0.3 is 0 Å². The monoisotopic (exact) mass is 360 g/mol. The average molecular weight is 360 g/mol. The van der Waals surface area contributed by atoms with Crippen LogP contribution in [0.2, 0.25) is 0 Å². The molecule has 138 valence electrons. The first kappa shape index (κ1) is 18.1. The summed E-state index contributed by atoms with van der Waals surface area (Å²) >= 11 is 0. The van der Waals surface area contributed by atoms with Crippen LogP contribution in [0, 0.1) is 5.82 Å². The molecule has 3 rings (SSSR count). The molecule has 1 aliphatic rings. The van der Waals surface area contributed by atoms with E-state index >= 15 is 0 Å². The number of carbonyl (C=O) groups is 1. The smallest absolute Gasteiger partial charge is 0.254 e. The fourth-order valence-electron chi connectivity index (χ4n) is 2.96. The minimum absolute atomic E-state index is 0.0228. The summed E-state index contributed by atoms with van der Waals surface area (Å²) in [5.74, 6) is -0.173. The van der Waals surface area contributed by atoms with Crippen molar-refractivity contribution in [1.82, 2.24) is 15.3 Å². The van der Waals surface area contributed by atoms with E-state index in [9.17, 15) is 9.18 Å². The number of halogens is 1. The normalized spacial score (nSPS) is 18.7. The highest BCUT2D eigenvalue weighted by molar-refractivity contribution is 5.95. The lowest BCUT2D eigenvalue weighted by molar-refractivity contribution is 0.0903. The molecule has 0 bridgehead atoms. The molecule has 1 aromatic carbocycles. The van der Waals surface area contributed by atoms with Gasteiger partial charge in [-0.25, -0.2) is 14.4 Å². The zero-order valence-corrected chi connectivity index (χ0v) is 14.4. The van der Waals surface area contributed by atoms with Crippen LogP contribution in [0.1, 0.15) is 34.8 Å². The van der Waals surface area contributed by atoms with Crippen molar-refractivity contribution in [3.8, 4) is 5.75 Å². The van der Waals surface area contributed by atoms with Crippen LogP contribution in [0.5, 0.6) is 5.75 Å². The van der Waals surface area contributed by atoms with Crippen molar-refractivity contribution in [3.63, 3.8) is 0 Å². The summed E-state index contributed by atoms with van der Waals surface area (Å²) in [5, 5.41) is 14.7. The first-order chi connectivity index (χ1) is 12.6. The Morgan fingerprint density at radius 1 is 1.38 bits per heavy atom. The third kappa shape index (κ3) is 3.91. The highest BCUT2D eigenvalue weighted by atomic mass is 19.1. The number of nitrogens with one attached hydrogen (secondary N) is 2. The molecule has 7 nitrogen and oxygen atoms in total. The Bertz CT molecular complexity index is 781. The minimum Gasteiger partial charge on any atom is -0.494 e. The molecule has 1 heterocycles. The van der Waals surface area contributed by atoms with Crippen LogP contribution in [0.4, 0.5) is 10.2 Å². The van der Waals surface area contributed by atoms with E-state index < -0.39 is 11.7 Å². The number of anilines is 1. The number of carbonyl (C=O) groups excluding carboxylic acids is 1. The first-order valence-electron chi connectivity index (χ1n) is 8.42. The molecule has 1 fully saturated rings. The van der Waals surface area contributed by atoms with Gasteiger partial charge in [0, 0.05) is 30.3 Å². The number of ether oxygens (including phenoxy) is 1. The maximum absolute atomic E-state index is 14.2. The van der Waals surface area contributed by atoms with Crippen LogP contribution in [-0.4, -0.2) is 47.3 Å². The molecule has 0 atom stereocenters. The predicted octanol–water partition coefficient (Wildman–Crippen LogP) is 1.70. The number of methoxy groups -OCH3 is 1. The lowest BCUT2D eigenvalue weighted by Crippen LogP contribution is -2.43. The summed E-state index contributed by atoms with van der Waals surface area (Å²) in [6, 6.07) is 6.32. The highest BCUT2D eigenvalue weighted by Gasteiger charge is 2.33. The SMILES string of the molecule is COc1cccc(C(=O)NC2CC(c3cc(NCCO)ncn3)C2)c1F. The van der Waals surface area contributed by atoms with Crippen molar-refractivity contribution in [1.29, 1.82) is 0 Å². The molecule has 26 heavy (non-hydrogen) atoms. The summed E-state index contributed by atoms with van der Waals surface area (Å²) in [7, 11) is 1.36. The van der Waals surface area contributed by atoms with Gasteiger partial charge < -0.3 is 20.5 Å². The molecular formula is C18H21FN4O3. The van der Waals surface area contributed by atoms with Crippen molar-refractivity contribution in [2.45, 2.75) is 24.8 Å². The first-order valence-corrected chi connectivity index (χ1v) is 8.42. The highest BCUT2D eigenvalue weighted by Crippen LogP contribution is 2.36. The second-order valence-corrected chi connectivity index (χ2v) is 6.14. The third-order valence-corrected chi connectivity index (χ3v) is 4.43. The lowest BCUT2D eigenvalue weighted by Gasteiger charge is -2.35. The summed E-state index contributed by atoms with van der Waals surface area (Å²) < 4.78 is 19.1. The summed E-state index contributed by atoms with van der Waals surface area (Å²) in [4.78, 5) is 20.7. The maximum Gasteiger partial charge on any atom is 0.254 e. The molecule has 1 saturated carbocycles. The second-order valence-electron chi connectivity index (χ2n) is 6.14. The Hall–Kier alpha value is -2.74. The van der Waals surface area contributed by atoms with E-state index in [1.807, 2.05) is 6.07 Å². The van der Waals surface area contributed by atoms with Gasteiger partial charge in [0.15, 0.2) is 11.6 Å². The van der Waals surface area contributed by atoms with E-state index in [-0.39, 0.29) is 29.9 Å². The van der Waals surface area contributed by atoms with Gasteiger partial charge in [-0.2, -0.15) is 0 Å². The Kier molecular flexibility index (Phi) is 5.62. The Labute approximate surface area is 150 Å². The van der Waals surface area contributed by atoms with E-state index in [0.717, 1.165) is 18.5 Å². The van der Waals surface area contributed by atoms with Crippen molar-refractivity contribution in [3.05, 3.63) is 47.7 Å². The zero-order valence-electron chi connectivity index (χ0n) is 14.4. The molecule has 0 spiro atoms. The number of aromatic nitrogens is 2. The van der Waals surface area contributed by atoms with Gasteiger partial charge in [-0.1, -0.05) is 6.07 Å². The minimum atomic E-state index is -0.654. The van der Waals surface area contributed by atoms with E-state index in [4.69, 9.17) is 9.84 Å². The third-order valence-electron chi connectivity index (χ3n) is 4.43. The number of rotatable bonds is 7. The van der Waals surface area contributed by atoms with Crippen LogP contribution >= 0.6 is 0 Å². The quantitative estimate of drug-likeness (QED) is 0.696. The number of amides is 1. The Balaban J connectivity index is 1.56. The number of benzene rings is 1. The average Bonchev–Trinajstić information content (AvgIpc) is 2.62. The van der Waals surface area contributed by atoms with Gasteiger partial charge in [0.25, 0.3) is 5.91 Å². The van der Waals surface area contributed by atoms with E-state index in [1.165, 1.54) is 25.6 Å². The van der Waals surface area contributed by atoms with Crippen molar-refractivity contribution in [2.24, 2.45) is 0 Å². The largest absolute Gasteiger partial charge is 0.494 e. The maximum atomic E-state index is 14.2. The molecule has 2 aromatic rings. The van der Waals surface area contributed by atoms with Gasteiger partial charge in [0.2, 0.25) is 0 Å². The van der Waals surface area contributed by atoms with Crippen LogP contribution in [0.25, 0.3) is 0 Å². The molecule has 0 saturated heterocycles. The lowest BCUT2D eigenvalue weighted by atomic mass is 9.78. The fourth-order valence-corrected chi connectivity index (χ4v) is 2.96. The predicted molar refractivity (Wildman–Crippen MR) is 93.8 cm³/mol. The molecule has 0 aliphatic heterocycles. The second kappa shape index (κ2) is 8.09. The number of aliphatic hydroxyl groups excluding tert-OH is 1. The fraction of sp³-hybridized carbons (Fsp3) is 0.389. The van der Waals surface area contributed by atoms with Gasteiger partial charge in [0.1, 0.15) is 12.1 Å². The number of aliphatic hydroxyl groups is 1. The number of hydrogen-bond donors (Lipinski definition) is 3.